The van der Waals surface area contributed by atoms with Gasteiger partial charge in [0.15, 0.2) is 0 Å². The zero-order chi connectivity index (χ0) is 11.5. The molecular formula is C14H21NO. The van der Waals surface area contributed by atoms with Crippen LogP contribution in [0.3, 0.4) is 0 Å². The third-order valence-electron chi connectivity index (χ3n) is 3.57. The van der Waals surface area contributed by atoms with Crippen molar-refractivity contribution in [2.75, 3.05) is 7.11 Å². The highest BCUT2D eigenvalue weighted by Crippen LogP contribution is 2.40. The summed E-state index contributed by atoms with van der Waals surface area (Å²) < 4.78 is 5.32. The molecule has 4 unspecified atom stereocenters. The second-order valence-corrected chi connectivity index (χ2v) is 4.76. The molecule has 1 N–H and O–H groups in total. The first-order chi connectivity index (χ1) is 7.72. The highest BCUT2D eigenvalue weighted by Gasteiger charge is 2.39. The maximum absolute atomic E-state index is 5.32. The lowest BCUT2D eigenvalue weighted by Gasteiger charge is -2.20. The van der Waals surface area contributed by atoms with Gasteiger partial charge in [-0.2, -0.15) is 0 Å². The van der Waals surface area contributed by atoms with Gasteiger partial charge in [0.25, 0.3) is 0 Å². The van der Waals surface area contributed by atoms with Gasteiger partial charge in [-0.15, -0.1) is 0 Å². The molecule has 0 radical (unpaired) electrons. The van der Waals surface area contributed by atoms with Gasteiger partial charge < -0.3 is 10.1 Å². The van der Waals surface area contributed by atoms with Gasteiger partial charge in [0.1, 0.15) is 0 Å². The van der Waals surface area contributed by atoms with E-state index in [2.05, 4.69) is 49.5 Å². The van der Waals surface area contributed by atoms with Gasteiger partial charge in [0, 0.05) is 25.1 Å². The number of ether oxygens (including phenoxy) is 1. The first-order valence-electron chi connectivity index (χ1n) is 6.06. The van der Waals surface area contributed by atoms with Gasteiger partial charge in [-0.05, 0) is 25.8 Å². The Labute approximate surface area is 98.0 Å². The molecule has 0 spiro atoms. The van der Waals surface area contributed by atoms with E-state index in [-0.39, 0.29) is 6.10 Å². The fourth-order valence-corrected chi connectivity index (χ4v) is 2.13. The fraction of sp³-hybridized carbons (Fsp3) is 0.571. The van der Waals surface area contributed by atoms with Crippen molar-refractivity contribution in [1.29, 1.82) is 0 Å². The van der Waals surface area contributed by atoms with E-state index < -0.39 is 0 Å². The monoisotopic (exact) mass is 219 g/mol. The predicted molar refractivity (Wildman–Crippen MR) is 66.7 cm³/mol. The molecular weight excluding hydrogens is 198 g/mol. The number of hydrogen-bond acceptors (Lipinski definition) is 2. The van der Waals surface area contributed by atoms with Crippen molar-refractivity contribution < 1.29 is 4.74 Å². The van der Waals surface area contributed by atoms with E-state index in [9.17, 15) is 0 Å². The number of rotatable bonds is 5. The molecule has 1 aliphatic rings. The summed E-state index contributed by atoms with van der Waals surface area (Å²) in [5.74, 6) is 0.702. The van der Waals surface area contributed by atoms with E-state index in [0.29, 0.717) is 18.0 Å². The first kappa shape index (κ1) is 11.6. The van der Waals surface area contributed by atoms with Gasteiger partial charge in [-0.1, -0.05) is 30.3 Å². The minimum Gasteiger partial charge on any atom is -0.380 e. The molecule has 1 fully saturated rings. The Hall–Kier alpha value is -0.860. The van der Waals surface area contributed by atoms with Crippen molar-refractivity contribution in [3.63, 3.8) is 0 Å². The van der Waals surface area contributed by atoms with E-state index in [0.717, 1.165) is 0 Å². The van der Waals surface area contributed by atoms with E-state index >= 15 is 0 Å². The van der Waals surface area contributed by atoms with Crippen LogP contribution < -0.4 is 5.32 Å². The Morgan fingerprint density at radius 2 is 1.94 bits per heavy atom. The Morgan fingerprint density at radius 1 is 1.25 bits per heavy atom. The molecule has 2 heteroatoms. The fourth-order valence-electron chi connectivity index (χ4n) is 2.13. The summed E-state index contributed by atoms with van der Waals surface area (Å²) in [5, 5.41) is 3.63. The zero-order valence-corrected chi connectivity index (χ0v) is 10.3. The second kappa shape index (κ2) is 4.98. The molecule has 1 aliphatic carbocycles. The van der Waals surface area contributed by atoms with Crippen LogP contribution in [0.1, 0.15) is 31.7 Å². The number of nitrogens with one attached hydrogen (secondary N) is 1. The average molecular weight is 219 g/mol. The molecule has 0 bridgehead atoms. The van der Waals surface area contributed by atoms with Crippen LogP contribution in [0.25, 0.3) is 0 Å². The molecule has 0 heterocycles. The summed E-state index contributed by atoms with van der Waals surface area (Å²) in [5.41, 5.74) is 1.46. The third kappa shape index (κ3) is 2.63. The average Bonchev–Trinajstić information content (AvgIpc) is 3.08. The Kier molecular flexibility index (Phi) is 3.62. The molecule has 2 nitrogen and oxygen atoms in total. The molecule has 0 saturated heterocycles. The van der Waals surface area contributed by atoms with Crippen LogP contribution in [0.2, 0.25) is 0 Å². The highest BCUT2D eigenvalue weighted by molar-refractivity contribution is 5.27. The summed E-state index contributed by atoms with van der Waals surface area (Å²) >= 11 is 0. The molecule has 0 aromatic heterocycles. The molecule has 2 rings (SSSR count). The SMILES string of the molecule is COC(C)C(C)NC1CC1c1ccccc1. The lowest BCUT2D eigenvalue weighted by Crippen LogP contribution is -2.38. The summed E-state index contributed by atoms with van der Waals surface area (Å²) in [6.07, 6.45) is 1.53. The summed E-state index contributed by atoms with van der Waals surface area (Å²) in [6.45, 7) is 4.30. The van der Waals surface area contributed by atoms with Gasteiger partial charge in [-0.3, -0.25) is 0 Å². The van der Waals surface area contributed by atoms with Gasteiger partial charge >= 0.3 is 0 Å². The van der Waals surface area contributed by atoms with Crippen LogP contribution in [0.4, 0.5) is 0 Å². The van der Waals surface area contributed by atoms with Gasteiger partial charge in [0.05, 0.1) is 6.10 Å². The van der Waals surface area contributed by atoms with Crippen molar-refractivity contribution in [1.82, 2.24) is 5.32 Å². The van der Waals surface area contributed by atoms with E-state index in [4.69, 9.17) is 4.74 Å². The van der Waals surface area contributed by atoms with Crippen molar-refractivity contribution >= 4 is 0 Å². The molecule has 1 aromatic rings. The van der Waals surface area contributed by atoms with Crippen LogP contribution >= 0.6 is 0 Å². The number of hydrogen-bond donors (Lipinski definition) is 1. The quantitative estimate of drug-likeness (QED) is 0.821. The second-order valence-electron chi connectivity index (χ2n) is 4.76. The largest absolute Gasteiger partial charge is 0.380 e. The van der Waals surface area contributed by atoms with E-state index in [1.54, 1.807) is 7.11 Å². The Bertz CT molecular complexity index is 325. The number of methoxy groups -OCH3 is 1. The first-order valence-corrected chi connectivity index (χ1v) is 6.06. The minimum atomic E-state index is 0.275. The highest BCUT2D eigenvalue weighted by atomic mass is 16.5. The maximum Gasteiger partial charge on any atom is 0.0693 e. The smallest absolute Gasteiger partial charge is 0.0693 e. The summed E-state index contributed by atoms with van der Waals surface area (Å²) in [7, 11) is 1.77. The maximum atomic E-state index is 5.32. The van der Waals surface area contributed by atoms with Gasteiger partial charge in [0.2, 0.25) is 0 Å². The molecule has 16 heavy (non-hydrogen) atoms. The van der Waals surface area contributed by atoms with Gasteiger partial charge in [-0.25, -0.2) is 0 Å². The van der Waals surface area contributed by atoms with E-state index in [1.165, 1.54) is 12.0 Å². The van der Waals surface area contributed by atoms with Crippen molar-refractivity contribution in [2.24, 2.45) is 0 Å². The summed E-state index contributed by atoms with van der Waals surface area (Å²) in [4.78, 5) is 0. The zero-order valence-electron chi connectivity index (χ0n) is 10.3. The van der Waals surface area contributed by atoms with E-state index in [1.807, 2.05) is 0 Å². The topological polar surface area (TPSA) is 21.3 Å². The van der Waals surface area contributed by atoms with Crippen molar-refractivity contribution in [3.05, 3.63) is 35.9 Å². The van der Waals surface area contributed by atoms with Crippen LogP contribution in [0.15, 0.2) is 30.3 Å². The van der Waals surface area contributed by atoms with Crippen molar-refractivity contribution in [3.8, 4) is 0 Å². The molecule has 1 saturated carbocycles. The lowest BCUT2D eigenvalue weighted by molar-refractivity contribution is 0.0879. The molecule has 4 atom stereocenters. The van der Waals surface area contributed by atoms with Crippen LogP contribution in [0, 0.1) is 0 Å². The molecule has 88 valence electrons. The molecule has 0 aliphatic heterocycles. The normalized spacial score (nSPS) is 27.4. The van der Waals surface area contributed by atoms with Crippen molar-refractivity contribution in [2.45, 2.75) is 44.4 Å². The Morgan fingerprint density at radius 3 is 2.56 bits per heavy atom. The van der Waals surface area contributed by atoms with Crippen LogP contribution in [-0.2, 0) is 4.74 Å². The van der Waals surface area contributed by atoms with Crippen LogP contribution in [-0.4, -0.2) is 25.3 Å². The standard InChI is InChI=1S/C14H21NO/c1-10(11(2)16-3)15-14-9-13(14)12-7-5-4-6-8-12/h4-8,10-11,13-15H,9H2,1-3H3. The predicted octanol–water partition coefficient (Wildman–Crippen LogP) is 2.56. The molecule has 0 amide bonds. The lowest BCUT2D eigenvalue weighted by atomic mass is 10.1. The molecule has 1 aromatic carbocycles. The Balaban J connectivity index is 1.84. The third-order valence-corrected chi connectivity index (χ3v) is 3.57. The summed E-state index contributed by atoms with van der Waals surface area (Å²) in [6, 6.07) is 11.8. The van der Waals surface area contributed by atoms with Crippen LogP contribution in [0.5, 0.6) is 0 Å². The minimum absolute atomic E-state index is 0.275. The number of benzene rings is 1.